The number of H-pyrrole nitrogens is 1. The summed E-state index contributed by atoms with van der Waals surface area (Å²) in [4.78, 5) is 7.66. The first-order chi connectivity index (χ1) is 12.2. The molecule has 25 heavy (non-hydrogen) atoms. The van der Waals surface area contributed by atoms with Gasteiger partial charge < -0.3 is 9.51 Å². The second-order valence-corrected chi connectivity index (χ2v) is 6.07. The van der Waals surface area contributed by atoms with Crippen molar-refractivity contribution in [3.8, 4) is 22.8 Å². The van der Waals surface area contributed by atoms with Crippen LogP contribution in [0.1, 0.15) is 17.7 Å². The fourth-order valence-corrected chi connectivity index (χ4v) is 3.33. The van der Waals surface area contributed by atoms with E-state index in [0.29, 0.717) is 5.82 Å². The van der Waals surface area contributed by atoms with Crippen molar-refractivity contribution in [1.29, 1.82) is 0 Å². The van der Waals surface area contributed by atoms with Crippen molar-refractivity contribution >= 4 is 10.9 Å². The number of halogens is 2. The van der Waals surface area contributed by atoms with Crippen LogP contribution >= 0.6 is 0 Å². The Hall–Kier alpha value is -3.02. The highest BCUT2D eigenvalue weighted by atomic mass is 19.1. The molecule has 0 saturated heterocycles. The molecule has 123 valence electrons. The van der Waals surface area contributed by atoms with Crippen LogP contribution in [0.25, 0.3) is 33.7 Å². The Bertz CT molecular complexity index is 1110. The van der Waals surface area contributed by atoms with Gasteiger partial charge in [-0.3, -0.25) is 0 Å². The van der Waals surface area contributed by atoms with Gasteiger partial charge in [0.1, 0.15) is 11.6 Å². The van der Waals surface area contributed by atoms with Gasteiger partial charge in [0.2, 0.25) is 5.82 Å². The molecule has 0 saturated carbocycles. The van der Waals surface area contributed by atoms with E-state index in [4.69, 9.17) is 4.52 Å². The van der Waals surface area contributed by atoms with E-state index in [9.17, 15) is 8.78 Å². The van der Waals surface area contributed by atoms with Crippen molar-refractivity contribution in [1.82, 2.24) is 15.1 Å². The van der Waals surface area contributed by atoms with Gasteiger partial charge in [-0.05, 0) is 48.7 Å². The largest absolute Gasteiger partial charge is 0.358 e. The number of fused-ring (bicyclic) bond motifs is 3. The van der Waals surface area contributed by atoms with Crippen LogP contribution < -0.4 is 0 Å². The predicted molar refractivity (Wildman–Crippen MR) is 88.7 cm³/mol. The molecule has 4 aromatic rings. The number of nitrogens with one attached hydrogen (secondary N) is 1. The van der Waals surface area contributed by atoms with Crippen LogP contribution in [0.2, 0.25) is 0 Å². The van der Waals surface area contributed by atoms with Crippen LogP contribution in [0, 0.1) is 18.1 Å². The lowest BCUT2D eigenvalue weighted by molar-refractivity contribution is 0.429. The Morgan fingerprint density at radius 2 is 2.00 bits per heavy atom. The number of aryl methyl sites for hydroxylation is 1. The lowest BCUT2D eigenvalue weighted by Crippen LogP contribution is -1.87. The van der Waals surface area contributed by atoms with Gasteiger partial charge in [-0.2, -0.15) is 4.98 Å². The summed E-state index contributed by atoms with van der Waals surface area (Å²) in [6, 6.07) is 9.13. The van der Waals surface area contributed by atoms with Crippen LogP contribution in [0.4, 0.5) is 8.78 Å². The molecule has 0 bridgehead atoms. The Morgan fingerprint density at radius 3 is 2.88 bits per heavy atom. The summed E-state index contributed by atoms with van der Waals surface area (Å²) < 4.78 is 32.1. The maximum atomic E-state index is 13.9. The average Bonchev–Trinajstić information content (AvgIpc) is 3.30. The Labute approximate surface area is 141 Å². The summed E-state index contributed by atoms with van der Waals surface area (Å²) in [5.41, 5.74) is 4.41. The zero-order valence-corrected chi connectivity index (χ0v) is 13.0. The predicted octanol–water partition coefficient (Wildman–Crippen LogP) is 4.66. The number of hydrogen-bond acceptors (Lipinski definition) is 3. The van der Waals surface area contributed by atoms with Crippen LogP contribution in [0.3, 0.4) is 0 Å². The van der Waals surface area contributed by atoms with E-state index >= 15 is 0 Å². The zero-order chi connectivity index (χ0) is 17.0. The molecule has 1 aliphatic rings. The molecule has 0 atom stereocenters. The molecule has 0 amide bonds. The summed E-state index contributed by atoms with van der Waals surface area (Å²) in [6.45, 7) is 0. The Kier molecular flexibility index (Phi) is 3.00. The lowest BCUT2D eigenvalue weighted by atomic mass is 10.1. The summed E-state index contributed by atoms with van der Waals surface area (Å²) in [5.74, 6) is -0.980. The summed E-state index contributed by atoms with van der Waals surface area (Å²) in [7, 11) is 0. The van der Waals surface area contributed by atoms with Crippen LogP contribution in [-0.4, -0.2) is 15.1 Å². The number of aromatic amines is 1. The number of hydrogen-bond donors (Lipinski definition) is 1. The normalized spacial score (nSPS) is 13.5. The second kappa shape index (κ2) is 5.24. The van der Waals surface area contributed by atoms with Crippen molar-refractivity contribution in [3.05, 3.63) is 65.7 Å². The third-order valence-electron chi connectivity index (χ3n) is 4.53. The van der Waals surface area contributed by atoms with Gasteiger partial charge in [0.25, 0.3) is 5.89 Å². The molecule has 5 rings (SSSR count). The van der Waals surface area contributed by atoms with Crippen molar-refractivity contribution in [2.75, 3.05) is 0 Å². The standard InChI is InChI=1S/C19H12F2N3O/c20-11-5-6-13(15(21)9-11)19-23-18(24-25-19)10-4-7-17-14(8-10)12-2-1-3-16(12)22-17/h3-9,22H,1-2H2. The maximum absolute atomic E-state index is 13.9. The minimum atomic E-state index is -0.732. The van der Waals surface area contributed by atoms with Crippen LogP contribution in [0.15, 0.2) is 40.9 Å². The third kappa shape index (κ3) is 2.25. The quantitative estimate of drug-likeness (QED) is 0.579. The summed E-state index contributed by atoms with van der Waals surface area (Å²) in [6.07, 6.45) is 4.24. The third-order valence-corrected chi connectivity index (χ3v) is 4.53. The number of benzene rings is 2. The zero-order valence-electron chi connectivity index (χ0n) is 13.0. The van der Waals surface area contributed by atoms with Gasteiger partial charge >= 0.3 is 0 Å². The van der Waals surface area contributed by atoms with Crippen molar-refractivity contribution in [3.63, 3.8) is 0 Å². The van der Waals surface area contributed by atoms with Crippen molar-refractivity contribution in [2.45, 2.75) is 12.8 Å². The molecule has 4 nitrogen and oxygen atoms in total. The molecule has 1 radical (unpaired) electrons. The van der Waals surface area contributed by atoms with E-state index in [1.165, 1.54) is 17.3 Å². The number of aromatic nitrogens is 3. The SMILES string of the molecule is Fc1ccc(-c2nc(-c3ccc4[nH]c5c(c4c3)CC[CH]5)no2)c(F)c1. The molecule has 6 heteroatoms. The fourth-order valence-electron chi connectivity index (χ4n) is 3.33. The van der Waals surface area contributed by atoms with Crippen LogP contribution in [-0.2, 0) is 6.42 Å². The fraction of sp³-hybridized carbons (Fsp3) is 0.105. The van der Waals surface area contributed by atoms with Gasteiger partial charge in [-0.25, -0.2) is 8.78 Å². The minimum Gasteiger partial charge on any atom is -0.358 e. The monoisotopic (exact) mass is 336 g/mol. The van der Waals surface area contributed by atoms with Gasteiger partial charge in [0.05, 0.1) is 5.56 Å². The first-order valence-corrected chi connectivity index (χ1v) is 7.96. The molecule has 1 aliphatic carbocycles. The van der Waals surface area contributed by atoms with Crippen LogP contribution in [0.5, 0.6) is 0 Å². The van der Waals surface area contributed by atoms with E-state index in [0.717, 1.165) is 41.4 Å². The lowest BCUT2D eigenvalue weighted by Gasteiger charge is -1.98. The molecule has 0 unspecified atom stereocenters. The topological polar surface area (TPSA) is 54.7 Å². The number of nitrogens with zero attached hydrogens (tertiary/aromatic N) is 2. The molecule has 2 aromatic heterocycles. The molecular formula is C19H12F2N3O. The number of rotatable bonds is 2. The van der Waals surface area contributed by atoms with E-state index in [-0.39, 0.29) is 11.5 Å². The molecule has 0 aliphatic heterocycles. The van der Waals surface area contributed by atoms with Crippen molar-refractivity contribution in [2.24, 2.45) is 0 Å². The summed E-state index contributed by atoms with van der Waals surface area (Å²) >= 11 is 0. The molecule has 1 N–H and O–H groups in total. The molecule has 2 aromatic carbocycles. The molecular weight excluding hydrogens is 324 g/mol. The Balaban J connectivity index is 1.58. The van der Waals surface area contributed by atoms with Gasteiger partial charge in [0.15, 0.2) is 0 Å². The smallest absolute Gasteiger partial charge is 0.261 e. The molecule has 0 fully saturated rings. The van der Waals surface area contributed by atoms with Gasteiger partial charge in [0, 0.05) is 34.6 Å². The minimum absolute atomic E-state index is 0.0280. The average molecular weight is 336 g/mol. The highest BCUT2D eigenvalue weighted by Gasteiger charge is 2.19. The highest BCUT2D eigenvalue weighted by Crippen LogP contribution is 2.33. The molecule has 2 heterocycles. The van der Waals surface area contributed by atoms with Crippen molar-refractivity contribution < 1.29 is 13.3 Å². The van der Waals surface area contributed by atoms with E-state index < -0.39 is 11.6 Å². The van der Waals surface area contributed by atoms with E-state index in [1.54, 1.807) is 0 Å². The Morgan fingerprint density at radius 1 is 1.08 bits per heavy atom. The summed E-state index contributed by atoms with van der Waals surface area (Å²) in [5, 5.41) is 5.09. The van der Waals surface area contributed by atoms with Gasteiger partial charge in [-0.1, -0.05) is 5.16 Å². The highest BCUT2D eigenvalue weighted by molar-refractivity contribution is 5.89. The first kappa shape index (κ1) is 14.3. The first-order valence-electron chi connectivity index (χ1n) is 7.96. The second-order valence-electron chi connectivity index (χ2n) is 6.07. The maximum Gasteiger partial charge on any atom is 0.261 e. The molecule has 0 spiro atoms. The van der Waals surface area contributed by atoms with E-state index in [1.807, 2.05) is 18.2 Å². The van der Waals surface area contributed by atoms with E-state index in [2.05, 4.69) is 21.5 Å². The van der Waals surface area contributed by atoms with Gasteiger partial charge in [-0.15, -0.1) is 0 Å².